The zero-order chi connectivity index (χ0) is 12.5. The van der Waals surface area contributed by atoms with E-state index in [1.807, 2.05) is 7.05 Å². The van der Waals surface area contributed by atoms with Gasteiger partial charge in [-0.2, -0.15) is 0 Å². The highest BCUT2D eigenvalue weighted by Crippen LogP contribution is 2.13. The van der Waals surface area contributed by atoms with Gasteiger partial charge in [0.1, 0.15) is 0 Å². The van der Waals surface area contributed by atoms with Crippen LogP contribution in [-0.2, 0) is 7.05 Å². The fourth-order valence-electron chi connectivity index (χ4n) is 1.74. The molecule has 0 aliphatic carbocycles. The van der Waals surface area contributed by atoms with Gasteiger partial charge in [0, 0.05) is 25.0 Å². The molecule has 2 aromatic heterocycles. The molecule has 0 fully saturated rings. The lowest BCUT2D eigenvalue weighted by Gasteiger charge is -2.04. The number of aromatic amines is 1. The Morgan fingerprint density at radius 1 is 1.39 bits per heavy atom. The molecule has 6 nitrogen and oxygen atoms in total. The highest BCUT2D eigenvalue weighted by atomic mass is 16.1. The second kappa shape index (κ2) is 3.99. The van der Waals surface area contributed by atoms with Gasteiger partial charge in [0.05, 0.1) is 17.4 Å². The quantitative estimate of drug-likeness (QED) is 0.714. The number of hydrogen-bond donors (Lipinski definition) is 2. The van der Waals surface area contributed by atoms with E-state index in [-0.39, 0.29) is 5.91 Å². The molecule has 3 rings (SSSR count). The number of carbonyl (C=O) groups excluding carboxylic acids is 1. The molecule has 18 heavy (non-hydrogen) atoms. The summed E-state index contributed by atoms with van der Waals surface area (Å²) in [7, 11) is 1.82. The van der Waals surface area contributed by atoms with Crippen molar-refractivity contribution >= 4 is 22.9 Å². The summed E-state index contributed by atoms with van der Waals surface area (Å²) in [5, 5.41) is 2.74. The summed E-state index contributed by atoms with van der Waals surface area (Å²) in [4.78, 5) is 23.2. The van der Waals surface area contributed by atoms with E-state index in [4.69, 9.17) is 0 Å². The van der Waals surface area contributed by atoms with Gasteiger partial charge in [0.2, 0.25) is 5.95 Å². The summed E-state index contributed by atoms with van der Waals surface area (Å²) >= 11 is 0. The van der Waals surface area contributed by atoms with Crippen LogP contribution in [0.1, 0.15) is 10.4 Å². The second-order valence-corrected chi connectivity index (χ2v) is 3.95. The molecule has 3 aromatic rings. The number of H-pyrrole nitrogens is 1. The number of rotatable bonds is 2. The number of aromatic nitrogens is 4. The molecule has 1 amide bonds. The van der Waals surface area contributed by atoms with E-state index in [0.29, 0.717) is 11.5 Å². The molecular formula is C12H11N5O. The Bertz CT molecular complexity index is 712. The van der Waals surface area contributed by atoms with Crippen molar-refractivity contribution in [1.82, 2.24) is 19.5 Å². The Balaban J connectivity index is 1.89. The average molecular weight is 241 g/mol. The van der Waals surface area contributed by atoms with Crippen LogP contribution in [0.2, 0.25) is 0 Å². The van der Waals surface area contributed by atoms with E-state index in [1.165, 1.54) is 0 Å². The molecule has 0 saturated carbocycles. The van der Waals surface area contributed by atoms with E-state index in [9.17, 15) is 4.79 Å². The van der Waals surface area contributed by atoms with Crippen molar-refractivity contribution < 1.29 is 4.79 Å². The predicted molar refractivity (Wildman–Crippen MR) is 67.3 cm³/mol. The largest absolute Gasteiger partial charge is 0.345 e. The summed E-state index contributed by atoms with van der Waals surface area (Å²) in [5.74, 6) is 0.325. The van der Waals surface area contributed by atoms with E-state index >= 15 is 0 Å². The van der Waals surface area contributed by atoms with Gasteiger partial charge >= 0.3 is 0 Å². The molecule has 1 aromatic carbocycles. The average Bonchev–Trinajstić information content (AvgIpc) is 2.98. The van der Waals surface area contributed by atoms with Crippen molar-refractivity contribution in [3.8, 4) is 0 Å². The Morgan fingerprint density at radius 2 is 2.28 bits per heavy atom. The van der Waals surface area contributed by atoms with Crippen LogP contribution in [0, 0.1) is 0 Å². The lowest BCUT2D eigenvalue weighted by Crippen LogP contribution is -2.14. The van der Waals surface area contributed by atoms with Crippen LogP contribution in [0.5, 0.6) is 0 Å². The van der Waals surface area contributed by atoms with Crippen molar-refractivity contribution in [1.29, 1.82) is 0 Å². The van der Waals surface area contributed by atoms with Crippen molar-refractivity contribution in [3.63, 3.8) is 0 Å². The molecule has 2 N–H and O–H groups in total. The maximum atomic E-state index is 12.0. The SMILES string of the molecule is Cn1ccnc1NC(=O)c1ccc2nc[nH]c2c1. The third-order valence-corrected chi connectivity index (χ3v) is 2.73. The number of benzene rings is 1. The lowest BCUT2D eigenvalue weighted by atomic mass is 10.2. The number of aryl methyl sites for hydroxylation is 1. The summed E-state index contributed by atoms with van der Waals surface area (Å²) in [6, 6.07) is 5.31. The van der Waals surface area contributed by atoms with Crippen LogP contribution in [0.25, 0.3) is 11.0 Å². The van der Waals surface area contributed by atoms with Crippen LogP contribution in [0.15, 0.2) is 36.9 Å². The van der Waals surface area contributed by atoms with Gasteiger partial charge in [-0.05, 0) is 18.2 Å². The zero-order valence-corrected chi connectivity index (χ0v) is 9.71. The Kier molecular flexibility index (Phi) is 2.33. The summed E-state index contributed by atoms with van der Waals surface area (Å²) in [6.07, 6.45) is 5.01. The van der Waals surface area contributed by atoms with Gasteiger partial charge in [-0.25, -0.2) is 9.97 Å². The first-order valence-corrected chi connectivity index (χ1v) is 5.46. The van der Waals surface area contributed by atoms with Crippen molar-refractivity contribution in [3.05, 3.63) is 42.5 Å². The second-order valence-electron chi connectivity index (χ2n) is 3.95. The molecule has 0 unspecified atom stereocenters. The van der Waals surface area contributed by atoms with Gasteiger partial charge in [0.15, 0.2) is 0 Å². The fourth-order valence-corrected chi connectivity index (χ4v) is 1.74. The molecule has 6 heteroatoms. The first-order chi connectivity index (χ1) is 8.74. The highest BCUT2D eigenvalue weighted by molar-refractivity contribution is 6.05. The number of hydrogen-bond acceptors (Lipinski definition) is 3. The maximum Gasteiger partial charge on any atom is 0.258 e. The Hall–Kier alpha value is -2.63. The van der Waals surface area contributed by atoms with Gasteiger partial charge < -0.3 is 9.55 Å². The standard InChI is InChI=1S/C12H11N5O/c1-17-5-4-13-12(17)16-11(18)8-2-3-9-10(6-8)15-7-14-9/h2-7H,1H3,(H,14,15)(H,13,16,18). The summed E-state index contributed by atoms with van der Waals surface area (Å²) in [6.45, 7) is 0. The topological polar surface area (TPSA) is 75.6 Å². The third-order valence-electron chi connectivity index (χ3n) is 2.73. The van der Waals surface area contributed by atoms with E-state index in [0.717, 1.165) is 11.0 Å². The van der Waals surface area contributed by atoms with Crippen LogP contribution < -0.4 is 5.32 Å². The first-order valence-electron chi connectivity index (χ1n) is 5.46. The monoisotopic (exact) mass is 241 g/mol. The molecule has 0 aliphatic heterocycles. The normalized spacial score (nSPS) is 10.7. The smallest absolute Gasteiger partial charge is 0.258 e. The summed E-state index contributed by atoms with van der Waals surface area (Å²) < 4.78 is 1.74. The van der Waals surface area contributed by atoms with Gasteiger partial charge in [-0.1, -0.05) is 0 Å². The number of carbonyl (C=O) groups is 1. The molecule has 0 saturated heterocycles. The number of amides is 1. The van der Waals surface area contributed by atoms with Gasteiger partial charge in [-0.3, -0.25) is 10.1 Å². The fraction of sp³-hybridized carbons (Fsp3) is 0.0833. The zero-order valence-electron chi connectivity index (χ0n) is 9.71. The minimum atomic E-state index is -0.194. The minimum absolute atomic E-state index is 0.194. The van der Waals surface area contributed by atoms with E-state index in [2.05, 4.69) is 20.3 Å². The number of anilines is 1. The van der Waals surface area contributed by atoms with Crippen molar-refractivity contribution in [2.75, 3.05) is 5.32 Å². The van der Waals surface area contributed by atoms with Crippen LogP contribution in [-0.4, -0.2) is 25.4 Å². The van der Waals surface area contributed by atoms with Crippen LogP contribution in [0.3, 0.4) is 0 Å². The number of fused-ring (bicyclic) bond motifs is 1. The van der Waals surface area contributed by atoms with Crippen molar-refractivity contribution in [2.24, 2.45) is 7.05 Å². The Morgan fingerprint density at radius 3 is 3.06 bits per heavy atom. The molecule has 0 radical (unpaired) electrons. The Labute approximate surface area is 103 Å². The molecule has 0 bridgehead atoms. The number of imidazole rings is 2. The van der Waals surface area contributed by atoms with Crippen LogP contribution in [0.4, 0.5) is 5.95 Å². The predicted octanol–water partition coefficient (Wildman–Crippen LogP) is 1.55. The third kappa shape index (κ3) is 1.73. The molecule has 0 spiro atoms. The number of nitrogens with one attached hydrogen (secondary N) is 2. The van der Waals surface area contributed by atoms with Crippen molar-refractivity contribution in [2.45, 2.75) is 0 Å². The maximum absolute atomic E-state index is 12.0. The van der Waals surface area contributed by atoms with Gasteiger partial charge in [0.25, 0.3) is 5.91 Å². The minimum Gasteiger partial charge on any atom is -0.345 e. The lowest BCUT2D eigenvalue weighted by molar-refractivity contribution is 0.102. The highest BCUT2D eigenvalue weighted by Gasteiger charge is 2.09. The van der Waals surface area contributed by atoms with E-state index in [1.54, 1.807) is 41.5 Å². The molecule has 2 heterocycles. The molecule has 0 atom stereocenters. The first kappa shape index (κ1) is 10.5. The van der Waals surface area contributed by atoms with Crippen LogP contribution >= 0.6 is 0 Å². The van der Waals surface area contributed by atoms with E-state index < -0.39 is 0 Å². The molecular weight excluding hydrogens is 230 g/mol. The number of nitrogens with zero attached hydrogens (tertiary/aromatic N) is 3. The molecule has 90 valence electrons. The summed E-state index contributed by atoms with van der Waals surface area (Å²) in [5.41, 5.74) is 2.24. The molecule has 0 aliphatic rings. The van der Waals surface area contributed by atoms with Gasteiger partial charge in [-0.15, -0.1) is 0 Å².